The molecule has 7 nitrogen and oxygen atoms in total. The quantitative estimate of drug-likeness (QED) is 0.657. The van der Waals surface area contributed by atoms with Gasteiger partial charge in [-0.25, -0.2) is 8.42 Å². The van der Waals surface area contributed by atoms with Gasteiger partial charge in [-0.3, -0.25) is 10.1 Å². The maximum Gasteiger partial charge on any atom is 0.293 e. The van der Waals surface area contributed by atoms with Crippen molar-refractivity contribution in [3.05, 3.63) is 28.3 Å². The second-order valence-corrected chi connectivity index (χ2v) is 7.04. The molecule has 0 bridgehead atoms. The molecule has 1 atom stereocenters. The third-order valence-corrected chi connectivity index (χ3v) is 4.48. The first-order chi connectivity index (χ1) is 9.29. The molecule has 0 amide bonds. The summed E-state index contributed by atoms with van der Waals surface area (Å²) in [4.78, 5) is 12.4. The molecule has 1 unspecified atom stereocenters. The van der Waals surface area contributed by atoms with Crippen molar-refractivity contribution < 1.29 is 13.3 Å². The zero-order chi connectivity index (χ0) is 14.9. The molecule has 0 aromatic heterocycles. The van der Waals surface area contributed by atoms with Crippen molar-refractivity contribution in [1.29, 1.82) is 0 Å². The van der Waals surface area contributed by atoms with E-state index in [4.69, 9.17) is 5.73 Å². The number of piperidine rings is 1. The molecule has 2 N–H and O–H groups in total. The second kappa shape index (κ2) is 5.37. The van der Waals surface area contributed by atoms with Gasteiger partial charge < -0.3 is 10.6 Å². The number of nitro benzene ring substituents is 1. The highest BCUT2D eigenvalue weighted by Gasteiger charge is 2.25. The summed E-state index contributed by atoms with van der Waals surface area (Å²) in [5.41, 5.74) is 6.12. The number of hydrogen-bond acceptors (Lipinski definition) is 6. The van der Waals surface area contributed by atoms with Crippen LogP contribution < -0.4 is 10.6 Å². The van der Waals surface area contributed by atoms with E-state index < -0.39 is 14.8 Å². The molecule has 0 spiro atoms. The molecule has 8 heteroatoms. The predicted molar refractivity (Wildman–Crippen MR) is 75.6 cm³/mol. The standard InChI is InChI=1S/C12H17N3O4S/c1-20(18,19)10-4-5-11(12(7-10)15(16)17)14-6-2-3-9(13)8-14/h4-5,7,9H,2-3,6,8,13H2,1H3. The summed E-state index contributed by atoms with van der Waals surface area (Å²) >= 11 is 0. The lowest BCUT2D eigenvalue weighted by molar-refractivity contribution is -0.384. The normalized spacial score (nSPS) is 19.9. The minimum absolute atomic E-state index is 0.0158. The molecular formula is C12H17N3O4S. The number of hydrogen-bond donors (Lipinski definition) is 1. The number of anilines is 1. The van der Waals surface area contributed by atoms with Gasteiger partial charge in [-0.15, -0.1) is 0 Å². The molecule has 1 aliphatic heterocycles. The number of nitro groups is 1. The van der Waals surface area contributed by atoms with Crippen LogP contribution in [0.2, 0.25) is 0 Å². The fourth-order valence-corrected chi connectivity index (χ4v) is 3.02. The Hall–Kier alpha value is -1.67. The van der Waals surface area contributed by atoms with Crippen molar-refractivity contribution in [3.63, 3.8) is 0 Å². The smallest absolute Gasteiger partial charge is 0.293 e. The predicted octanol–water partition coefficient (Wildman–Crippen LogP) is 0.926. The third kappa shape index (κ3) is 3.07. The Bertz CT molecular complexity index is 630. The van der Waals surface area contributed by atoms with Crippen LogP contribution in [0.3, 0.4) is 0 Å². The van der Waals surface area contributed by atoms with Gasteiger partial charge in [0.25, 0.3) is 5.69 Å². The van der Waals surface area contributed by atoms with Gasteiger partial charge in [0.1, 0.15) is 5.69 Å². The van der Waals surface area contributed by atoms with E-state index >= 15 is 0 Å². The van der Waals surface area contributed by atoms with Crippen molar-refractivity contribution in [1.82, 2.24) is 0 Å². The lowest BCUT2D eigenvalue weighted by atomic mass is 10.1. The highest BCUT2D eigenvalue weighted by atomic mass is 32.2. The Kier molecular flexibility index (Phi) is 3.96. The molecule has 0 aliphatic carbocycles. The monoisotopic (exact) mass is 299 g/mol. The van der Waals surface area contributed by atoms with E-state index in [1.165, 1.54) is 12.1 Å². The van der Waals surface area contributed by atoms with Crippen LogP contribution in [-0.4, -0.2) is 38.7 Å². The molecule has 0 radical (unpaired) electrons. The number of nitrogens with two attached hydrogens (primary N) is 1. The van der Waals surface area contributed by atoms with Gasteiger partial charge in [0, 0.05) is 31.5 Å². The topological polar surface area (TPSA) is 107 Å². The van der Waals surface area contributed by atoms with Crippen LogP contribution in [0, 0.1) is 10.1 Å². The van der Waals surface area contributed by atoms with Gasteiger partial charge in [-0.1, -0.05) is 0 Å². The number of rotatable bonds is 3. The van der Waals surface area contributed by atoms with Gasteiger partial charge in [0.15, 0.2) is 9.84 Å². The minimum atomic E-state index is -3.46. The largest absolute Gasteiger partial charge is 0.364 e. The first kappa shape index (κ1) is 14.7. The fourth-order valence-electron chi connectivity index (χ4n) is 2.38. The van der Waals surface area contributed by atoms with Crippen LogP contribution in [-0.2, 0) is 9.84 Å². The van der Waals surface area contributed by atoms with Crippen molar-refractivity contribution in [2.75, 3.05) is 24.2 Å². The average molecular weight is 299 g/mol. The first-order valence-corrected chi connectivity index (χ1v) is 8.17. The lowest BCUT2D eigenvalue weighted by Gasteiger charge is -2.32. The molecule has 20 heavy (non-hydrogen) atoms. The summed E-state index contributed by atoms with van der Waals surface area (Å²) in [6.07, 6.45) is 2.79. The molecule has 1 aromatic rings. The molecule has 0 saturated carbocycles. The van der Waals surface area contributed by atoms with E-state index in [9.17, 15) is 18.5 Å². The van der Waals surface area contributed by atoms with E-state index in [1.54, 1.807) is 0 Å². The Morgan fingerprint density at radius 1 is 1.45 bits per heavy atom. The Morgan fingerprint density at radius 2 is 2.15 bits per heavy atom. The van der Waals surface area contributed by atoms with E-state index in [2.05, 4.69) is 0 Å². The van der Waals surface area contributed by atoms with E-state index in [0.29, 0.717) is 18.8 Å². The Morgan fingerprint density at radius 3 is 2.70 bits per heavy atom. The fraction of sp³-hybridized carbons (Fsp3) is 0.500. The molecule has 1 heterocycles. The molecule has 2 rings (SSSR count). The molecular weight excluding hydrogens is 282 g/mol. The first-order valence-electron chi connectivity index (χ1n) is 6.28. The average Bonchev–Trinajstić information content (AvgIpc) is 2.37. The maximum atomic E-state index is 11.5. The highest BCUT2D eigenvalue weighted by molar-refractivity contribution is 7.90. The number of nitrogens with zero attached hydrogens (tertiary/aromatic N) is 2. The summed E-state index contributed by atoms with van der Waals surface area (Å²) in [6.45, 7) is 1.23. The number of sulfone groups is 1. The summed E-state index contributed by atoms with van der Waals surface area (Å²) < 4.78 is 23.0. The van der Waals surface area contributed by atoms with Gasteiger partial charge in [0.2, 0.25) is 0 Å². The zero-order valence-electron chi connectivity index (χ0n) is 11.2. The Balaban J connectivity index is 2.45. The van der Waals surface area contributed by atoms with Gasteiger partial charge in [-0.05, 0) is 25.0 Å². The van der Waals surface area contributed by atoms with Gasteiger partial charge >= 0.3 is 0 Å². The molecule has 1 fully saturated rings. The van der Waals surface area contributed by atoms with Crippen LogP contribution in [0.5, 0.6) is 0 Å². The van der Waals surface area contributed by atoms with Crippen molar-refractivity contribution in [2.24, 2.45) is 5.73 Å². The molecule has 110 valence electrons. The van der Waals surface area contributed by atoms with Crippen molar-refractivity contribution in [3.8, 4) is 0 Å². The van der Waals surface area contributed by atoms with Crippen molar-refractivity contribution >= 4 is 21.2 Å². The Labute approximate surface area is 117 Å². The van der Waals surface area contributed by atoms with Crippen LogP contribution >= 0.6 is 0 Å². The third-order valence-electron chi connectivity index (χ3n) is 3.37. The number of benzene rings is 1. The maximum absolute atomic E-state index is 11.5. The SMILES string of the molecule is CS(=O)(=O)c1ccc(N2CCCC(N)C2)c([N+](=O)[O-])c1. The van der Waals surface area contributed by atoms with Gasteiger partial charge in [-0.2, -0.15) is 0 Å². The van der Waals surface area contributed by atoms with Gasteiger partial charge in [0.05, 0.1) is 9.82 Å². The summed E-state index contributed by atoms with van der Waals surface area (Å²) in [7, 11) is -3.46. The zero-order valence-corrected chi connectivity index (χ0v) is 12.0. The van der Waals surface area contributed by atoms with E-state index in [-0.39, 0.29) is 16.6 Å². The second-order valence-electron chi connectivity index (χ2n) is 5.03. The summed E-state index contributed by atoms with van der Waals surface area (Å²) in [5, 5.41) is 11.2. The summed E-state index contributed by atoms with van der Waals surface area (Å²) in [6, 6.07) is 3.99. The molecule has 1 aromatic carbocycles. The lowest BCUT2D eigenvalue weighted by Crippen LogP contribution is -2.43. The van der Waals surface area contributed by atoms with E-state index in [1.807, 2.05) is 4.90 Å². The van der Waals surface area contributed by atoms with Crippen LogP contribution in [0.4, 0.5) is 11.4 Å². The minimum Gasteiger partial charge on any atom is -0.364 e. The molecule has 1 aliphatic rings. The van der Waals surface area contributed by atoms with Crippen molar-refractivity contribution in [2.45, 2.75) is 23.8 Å². The summed E-state index contributed by atoms with van der Waals surface area (Å²) in [5.74, 6) is 0. The van der Waals surface area contributed by atoms with Crippen LogP contribution in [0.1, 0.15) is 12.8 Å². The highest BCUT2D eigenvalue weighted by Crippen LogP contribution is 2.32. The van der Waals surface area contributed by atoms with E-state index in [0.717, 1.165) is 25.2 Å². The van der Waals surface area contributed by atoms with Crippen LogP contribution in [0.15, 0.2) is 23.1 Å². The van der Waals surface area contributed by atoms with Crippen LogP contribution in [0.25, 0.3) is 0 Å². The molecule has 1 saturated heterocycles.